The number of aromatic nitrogens is 5. The first kappa shape index (κ1) is 10.7. The highest BCUT2D eigenvalue weighted by Crippen LogP contribution is 2.07. The van der Waals surface area contributed by atoms with Gasteiger partial charge in [0, 0.05) is 14.0 Å². The van der Waals surface area contributed by atoms with Gasteiger partial charge < -0.3 is 14.4 Å². The Labute approximate surface area is 92.9 Å². The monoisotopic (exact) mass is 222 g/mol. The summed E-state index contributed by atoms with van der Waals surface area (Å²) in [7, 11) is 1.91. The highest BCUT2D eigenvalue weighted by Gasteiger charge is 2.11. The Morgan fingerprint density at radius 2 is 2.38 bits per heavy atom. The molecule has 0 radical (unpaired) electrons. The fourth-order valence-corrected chi connectivity index (χ4v) is 1.43. The van der Waals surface area contributed by atoms with Crippen LogP contribution in [0.4, 0.5) is 0 Å². The van der Waals surface area contributed by atoms with E-state index < -0.39 is 0 Å². The fraction of sp³-hybridized carbons (Fsp3) is 0.556. The molecule has 7 nitrogen and oxygen atoms in total. The molecule has 7 heteroatoms. The van der Waals surface area contributed by atoms with Crippen LogP contribution in [0.15, 0.2) is 10.9 Å². The van der Waals surface area contributed by atoms with Crippen molar-refractivity contribution in [2.75, 3.05) is 0 Å². The van der Waals surface area contributed by atoms with Gasteiger partial charge in [-0.2, -0.15) is 4.98 Å². The van der Waals surface area contributed by atoms with E-state index in [0.29, 0.717) is 18.3 Å². The van der Waals surface area contributed by atoms with Crippen molar-refractivity contribution in [2.45, 2.75) is 26.4 Å². The molecular weight excluding hydrogens is 208 g/mol. The van der Waals surface area contributed by atoms with Crippen molar-refractivity contribution in [1.29, 1.82) is 0 Å². The fourth-order valence-electron chi connectivity index (χ4n) is 1.43. The summed E-state index contributed by atoms with van der Waals surface area (Å²) in [6.07, 6.45) is 1.67. The van der Waals surface area contributed by atoms with Crippen molar-refractivity contribution < 1.29 is 4.52 Å². The van der Waals surface area contributed by atoms with Crippen LogP contribution in [-0.2, 0) is 13.6 Å². The van der Waals surface area contributed by atoms with Crippen LogP contribution < -0.4 is 5.32 Å². The summed E-state index contributed by atoms with van der Waals surface area (Å²) < 4.78 is 6.75. The highest BCUT2D eigenvalue weighted by atomic mass is 16.5. The Hall–Kier alpha value is -1.76. The van der Waals surface area contributed by atoms with Gasteiger partial charge in [0.2, 0.25) is 5.89 Å². The molecule has 1 atom stereocenters. The second-order valence-corrected chi connectivity index (χ2v) is 3.63. The van der Waals surface area contributed by atoms with Gasteiger partial charge in [-0.05, 0) is 6.92 Å². The molecule has 2 rings (SSSR count). The molecule has 0 aliphatic carbocycles. The Morgan fingerprint density at radius 3 is 2.94 bits per heavy atom. The Balaban J connectivity index is 1.93. The van der Waals surface area contributed by atoms with E-state index in [9.17, 15) is 0 Å². The molecule has 0 aliphatic rings. The zero-order chi connectivity index (χ0) is 11.5. The van der Waals surface area contributed by atoms with Crippen molar-refractivity contribution >= 4 is 0 Å². The van der Waals surface area contributed by atoms with Crippen LogP contribution in [0.1, 0.15) is 30.5 Å². The minimum absolute atomic E-state index is 0.0892. The van der Waals surface area contributed by atoms with Crippen LogP contribution in [-0.4, -0.2) is 24.9 Å². The Morgan fingerprint density at radius 1 is 1.56 bits per heavy atom. The molecule has 0 saturated heterocycles. The normalized spacial score (nSPS) is 12.9. The number of nitrogens with zero attached hydrogens (tertiary/aromatic N) is 5. The number of rotatable bonds is 4. The van der Waals surface area contributed by atoms with Crippen LogP contribution in [0.2, 0.25) is 0 Å². The lowest BCUT2D eigenvalue weighted by Crippen LogP contribution is -2.21. The van der Waals surface area contributed by atoms with Crippen molar-refractivity contribution in [3.63, 3.8) is 0 Å². The van der Waals surface area contributed by atoms with Gasteiger partial charge in [-0.3, -0.25) is 0 Å². The smallest absolute Gasteiger partial charge is 0.223 e. The van der Waals surface area contributed by atoms with E-state index in [1.165, 1.54) is 0 Å². The first-order valence-corrected chi connectivity index (χ1v) is 5.03. The number of hydrogen-bond donors (Lipinski definition) is 1. The third-order valence-corrected chi connectivity index (χ3v) is 2.27. The predicted molar refractivity (Wildman–Crippen MR) is 55.3 cm³/mol. The molecular formula is C9H14N6O. The quantitative estimate of drug-likeness (QED) is 0.804. The van der Waals surface area contributed by atoms with Gasteiger partial charge in [-0.25, -0.2) is 0 Å². The molecule has 0 aliphatic heterocycles. The summed E-state index contributed by atoms with van der Waals surface area (Å²) >= 11 is 0. The number of nitrogens with one attached hydrogen (secondary N) is 1. The molecule has 2 aromatic heterocycles. The summed E-state index contributed by atoms with van der Waals surface area (Å²) in [4.78, 5) is 4.10. The van der Waals surface area contributed by atoms with E-state index in [1.54, 1.807) is 13.3 Å². The SMILES string of the molecule is Cc1nc(CNC(C)c2nncn2C)no1. The standard InChI is InChI=1S/C9H14N6O/c1-6(9-13-11-5-15(9)3)10-4-8-12-7(2)16-14-8/h5-6,10H,4H2,1-3H3. The van der Waals surface area contributed by atoms with Crippen molar-refractivity contribution in [3.05, 3.63) is 23.9 Å². The zero-order valence-electron chi connectivity index (χ0n) is 9.51. The van der Waals surface area contributed by atoms with E-state index >= 15 is 0 Å². The number of aryl methyl sites for hydroxylation is 2. The van der Waals surface area contributed by atoms with E-state index in [0.717, 1.165) is 5.82 Å². The second kappa shape index (κ2) is 4.40. The molecule has 1 N–H and O–H groups in total. The lowest BCUT2D eigenvalue weighted by atomic mass is 10.3. The summed E-state index contributed by atoms with van der Waals surface area (Å²) in [5.74, 6) is 2.09. The molecule has 0 bridgehead atoms. The van der Waals surface area contributed by atoms with Crippen LogP contribution in [0.3, 0.4) is 0 Å². The molecule has 2 heterocycles. The first-order chi connectivity index (χ1) is 7.66. The third kappa shape index (κ3) is 2.25. The van der Waals surface area contributed by atoms with Gasteiger partial charge in [0.15, 0.2) is 5.82 Å². The lowest BCUT2D eigenvalue weighted by molar-refractivity contribution is 0.383. The maximum Gasteiger partial charge on any atom is 0.223 e. The molecule has 0 fully saturated rings. The summed E-state index contributed by atoms with van der Waals surface area (Å²) in [5, 5.41) is 14.9. The Kier molecular flexibility index (Phi) is 2.95. The second-order valence-electron chi connectivity index (χ2n) is 3.63. The van der Waals surface area contributed by atoms with Gasteiger partial charge in [-0.15, -0.1) is 10.2 Å². The van der Waals surface area contributed by atoms with E-state index in [-0.39, 0.29) is 6.04 Å². The minimum Gasteiger partial charge on any atom is -0.340 e. The average molecular weight is 222 g/mol. The largest absolute Gasteiger partial charge is 0.340 e. The van der Waals surface area contributed by atoms with Crippen LogP contribution >= 0.6 is 0 Å². The third-order valence-electron chi connectivity index (χ3n) is 2.27. The molecule has 0 aromatic carbocycles. The average Bonchev–Trinajstić information content (AvgIpc) is 2.84. The predicted octanol–water partition coefficient (Wildman–Crippen LogP) is 0.357. The van der Waals surface area contributed by atoms with Crippen LogP contribution in [0.25, 0.3) is 0 Å². The van der Waals surface area contributed by atoms with Crippen molar-refractivity contribution in [2.24, 2.45) is 7.05 Å². The zero-order valence-corrected chi connectivity index (χ0v) is 9.51. The van der Waals surface area contributed by atoms with Crippen LogP contribution in [0, 0.1) is 6.92 Å². The summed E-state index contributed by atoms with van der Waals surface area (Å²) in [6, 6.07) is 0.0892. The van der Waals surface area contributed by atoms with Crippen molar-refractivity contribution in [3.8, 4) is 0 Å². The molecule has 0 saturated carbocycles. The Bertz CT molecular complexity index is 462. The first-order valence-electron chi connectivity index (χ1n) is 5.03. The topological polar surface area (TPSA) is 81.7 Å². The molecule has 16 heavy (non-hydrogen) atoms. The van der Waals surface area contributed by atoms with Gasteiger partial charge in [0.1, 0.15) is 12.2 Å². The van der Waals surface area contributed by atoms with Crippen molar-refractivity contribution in [1.82, 2.24) is 30.2 Å². The van der Waals surface area contributed by atoms with Gasteiger partial charge in [0.05, 0.1) is 12.6 Å². The minimum atomic E-state index is 0.0892. The molecule has 2 aromatic rings. The maximum atomic E-state index is 4.88. The van der Waals surface area contributed by atoms with E-state index in [2.05, 4.69) is 25.7 Å². The van der Waals surface area contributed by atoms with Gasteiger partial charge in [0.25, 0.3) is 0 Å². The molecule has 86 valence electrons. The summed E-state index contributed by atoms with van der Waals surface area (Å²) in [6.45, 7) is 4.32. The van der Waals surface area contributed by atoms with E-state index in [1.807, 2.05) is 18.5 Å². The van der Waals surface area contributed by atoms with Crippen LogP contribution in [0.5, 0.6) is 0 Å². The highest BCUT2D eigenvalue weighted by molar-refractivity contribution is 4.93. The molecule has 0 spiro atoms. The lowest BCUT2D eigenvalue weighted by Gasteiger charge is -2.10. The molecule has 1 unspecified atom stereocenters. The van der Waals surface area contributed by atoms with E-state index in [4.69, 9.17) is 4.52 Å². The van der Waals surface area contributed by atoms with Gasteiger partial charge in [-0.1, -0.05) is 5.16 Å². The van der Waals surface area contributed by atoms with Gasteiger partial charge >= 0.3 is 0 Å². The summed E-state index contributed by atoms with van der Waals surface area (Å²) in [5.41, 5.74) is 0. The molecule has 0 amide bonds. The number of hydrogen-bond acceptors (Lipinski definition) is 6. The maximum absolute atomic E-state index is 4.88.